The Bertz CT molecular complexity index is 337. The van der Waals surface area contributed by atoms with Crippen molar-refractivity contribution in [2.24, 2.45) is 5.92 Å². The van der Waals surface area contributed by atoms with Crippen molar-refractivity contribution in [3.63, 3.8) is 0 Å². The molecule has 21 heavy (non-hydrogen) atoms. The minimum absolute atomic E-state index is 0.0633. The summed E-state index contributed by atoms with van der Waals surface area (Å²) in [5.74, 6) is 0.984. The van der Waals surface area contributed by atoms with Crippen LogP contribution in [0.15, 0.2) is 0 Å². The number of hydrogen-bond donors (Lipinski definition) is 1. The van der Waals surface area contributed by atoms with Gasteiger partial charge >= 0.3 is 0 Å². The van der Waals surface area contributed by atoms with Gasteiger partial charge in [0.2, 0.25) is 5.91 Å². The van der Waals surface area contributed by atoms with Gasteiger partial charge < -0.3 is 9.80 Å². The third-order valence-electron chi connectivity index (χ3n) is 4.90. The summed E-state index contributed by atoms with van der Waals surface area (Å²) in [6.45, 7) is 8.92. The van der Waals surface area contributed by atoms with Crippen LogP contribution in [0.5, 0.6) is 0 Å². The predicted octanol–water partition coefficient (Wildman–Crippen LogP) is 2.44. The summed E-state index contributed by atoms with van der Waals surface area (Å²) in [6, 6.07) is 0.505. The Morgan fingerprint density at radius 2 is 1.95 bits per heavy atom. The topological polar surface area (TPSA) is 35.6 Å². The molecule has 1 N–H and O–H groups in total. The normalized spacial score (nSPS) is 28.8. The number of rotatable bonds is 6. The van der Waals surface area contributed by atoms with Gasteiger partial charge in [-0.3, -0.25) is 10.1 Å². The lowest BCUT2D eigenvalue weighted by Gasteiger charge is -2.38. The van der Waals surface area contributed by atoms with Crippen molar-refractivity contribution in [3.8, 4) is 0 Å². The van der Waals surface area contributed by atoms with E-state index in [1.807, 2.05) is 0 Å². The predicted molar refractivity (Wildman–Crippen MR) is 87.1 cm³/mol. The van der Waals surface area contributed by atoms with Crippen LogP contribution in [0, 0.1) is 5.92 Å². The third kappa shape index (κ3) is 4.19. The summed E-state index contributed by atoms with van der Waals surface area (Å²) in [5.41, 5.74) is 0. The van der Waals surface area contributed by atoms with E-state index < -0.39 is 0 Å². The van der Waals surface area contributed by atoms with Crippen LogP contribution in [0.3, 0.4) is 0 Å². The Hall–Kier alpha value is -0.610. The molecule has 2 heterocycles. The summed E-state index contributed by atoms with van der Waals surface area (Å²) < 4.78 is 0. The summed E-state index contributed by atoms with van der Waals surface area (Å²) in [5, 5.41) is 3.63. The summed E-state index contributed by atoms with van der Waals surface area (Å²) in [7, 11) is 2.18. The zero-order chi connectivity index (χ0) is 15.4. The molecule has 2 aliphatic heterocycles. The summed E-state index contributed by atoms with van der Waals surface area (Å²) >= 11 is 0. The molecule has 0 spiro atoms. The van der Waals surface area contributed by atoms with Gasteiger partial charge in [0.1, 0.15) is 0 Å². The van der Waals surface area contributed by atoms with Crippen molar-refractivity contribution in [2.75, 3.05) is 20.1 Å². The zero-order valence-electron chi connectivity index (χ0n) is 14.3. The number of nitrogens with zero attached hydrogens (tertiary/aromatic N) is 2. The van der Waals surface area contributed by atoms with Gasteiger partial charge in [0, 0.05) is 6.04 Å². The fourth-order valence-corrected chi connectivity index (χ4v) is 3.67. The fourth-order valence-electron chi connectivity index (χ4n) is 3.67. The molecular formula is C17H33N3O. The number of carbonyl (C=O) groups excluding carboxylic acids is 1. The lowest BCUT2D eigenvalue weighted by Crippen LogP contribution is -2.49. The highest BCUT2D eigenvalue weighted by molar-refractivity contribution is 5.84. The average molecular weight is 295 g/mol. The lowest BCUT2D eigenvalue weighted by molar-refractivity contribution is -0.133. The van der Waals surface area contributed by atoms with Crippen LogP contribution in [0.1, 0.15) is 59.3 Å². The molecule has 0 aromatic carbocycles. The van der Waals surface area contributed by atoms with E-state index in [9.17, 15) is 4.79 Å². The van der Waals surface area contributed by atoms with Crippen LogP contribution in [-0.4, -0.2) is 54.1 Å². The van der Waals surface area contributed by atoms with Gasteiger partial charge in [0.15, 0.2) is 0 Å². The van der Waals surface area contributed by atoms with Gasteiger partial charge in [-0.15, -0.1) is 0 Å². The molecule has 4 heteroatoms. The van der Waals surface area contributed by atoms with Crippen molar-refractivity contribution in [1.29, 1.82) is 0 Å². The first-order valence-electron chi connectivity index (χ1n) is 8.79. The number of amides is 1. The minimum atomic E-state index is 0.0633. The lowest BCUT2D eigenvalue weighted by atomic mass is 10.0. The molecule has 2 fully saturated rings. The summed E-state index contributed by atoms with van der Waals surface area (Å²) in [6.07, 6.45) is 6.87. The maximum absolute atomic E-state index is 12.8. The standard InChI is InChI=1S/C17H33N3O/c1-5-6-7-15-17(21)20(16(18-15)12-13(2)3)14-8-10-19(4)11-9-14/h13-16,18H,5-12H2,1-4H3. The Morgan fingerprint density at radius 3 is 2.52 bits per heavy atom. The van der Waals surface area contributed by atoms with E-state index in [1.54, 1.807) is 0 Å². The second-order valence-electron chi connectivity index (χ2n) is 7.29. The van der Waals surface area contributed by atoms with Gasteiger partial charge in [-0.2, -0.15) is 0 Å². The number of nitrogens with one attached hydrogen (secondary N) is 1. The molecule has 0 aromatic heterocycles. The molecule has 2 aliphatic rings. The van der Waals surface area contributed by atoms with Crippen LogP contribution in [0.2, 0.25) is 0 Å². The zero-order valence-corrected chi connectivity index (χ0v) is 14.3. The Kier molecular flexibility index (Phi) is 6.06. The van der Waals surface area contributed by atoms with Gasteiger partial charge in [0.25, 0.3) is 0 Å². The van der Waals surface area contributed by atoms with Crippen LogP contribution in [0.25, 0.3) is 0 Å². The van der Waals surface area contributed by atoms with Crippen LogP contribution in [0.4, 0.5) is 0 Å². The Morgan fingerprint density at radius 1 is 1.29 bits per heavy atom. The maximum Gasteiger partial charge on any atom is 0.241 e. The summed E-state index contributed by atoms with van der Waals surface area (Å²) in [4.78, 5) is 17.4. The second kappa shape index (κ2) is 7.59. The van der Waals surface area contributed by atoms with E-state index in [4.69, 9.17) is 0 Å². The molecule has 4 nitrogen and oxygen atoms in total. The first-order chi connectivity index (χ1) is 10.0. The first kappa shape index (κ1) is 16.8. The molecule has 0 saturated carbocycles. The van der Waals surface area contributed by atoms with Gasteiger partial charge in [-0.05, 0) is 51.7 Å². The second-order valence-corrected chi connectivity index (χ2v) is 7.29. The van der Waals surface area contributed by atoms with Crippen molar-refractivity contribution < 1.29 is 4.79 Å². The Labute approximate surface area is 130 Å². The third-order valence-corrected chi connectivity index (χ3v) is 4.90. The smallest absolute Gasteiger partial charge is 0.241 e. The highest BCUT2D eigenvalue weighted by Crippen LogP contribution is 2.27. The Balaban J connectivity index is 2.04. The molecule has 0 aliphatic carbocycles. The largest absolute Gasteiger partial charge is 0.323 e. The van der Waals surface area contributed by atoms with E-state index in [0.29, 0.717) is 17.9 Å². The first-order valence-corrected chi connectivity index (χ1v) is 8.79. The highest BCUT2D eigenvalue weighted by atomic mass is 16.2. The van der Waals surface area contributed by atoms with E-state index in [1.165, 1.54) is 0 Å². The number of likely N-dealkylation sites (tertiary alicyclic amines) is 1. The van der Waals surface area contributed by atoms with Crippen molar-refractivity contribution in [3.05, 3.63) is 0 Å². The van der Waals surface area contributed by atoms with Crippen molar-refractivity contribution >= 4 is 5.91 Å². The van der Waals surface area contributed by atoms with Crippen molar-refractivity contribution in [1.82, 2.24) is 15.1 Å². The SMILES string of the molecule is CCCCC1NC(CC(C)C)N(C2CCN(C)CC2)C1=O. The minimum Gasteiger partial charge on any atom is -0.323 e. The monoisotopic (exact) mass is 295 g/mol. The van der Waals surface area contributed by atoms with E-state index in [-0.39, 0.29) is 12.2 Å². The molecule has 2 unspecified atom stereocenters. The van der Waals surface area contributed by atoms with E-state index >= 15 is 0 Å². The fraction of sp³-hybridized carbons (Fsp3) is 0.941. The number of unbranched alkanes of at least 4 members (excludes halogenated alkanes) is 1. The quantitative estimate of drug-likeness (QED) is 0.817. The molecule has 2 rings (SSSR count). The molecule has 0 radical (unpaired) electrons. The molecular weight excluding hydrogens is 262 g/mol. The van der Waals surface area contributed by atoms with Gasteiger partial charge in [0.05, 0.1) is 12.2 Å². The number of carbonyl (C=O) groups is 1. The molecule has 0 aromatic rings. The van der Waals surface area contributed by atoms with Gasteiger partial charge in [-0.25, -0.2) is 0 Å². The molecule has 2 atom stereocenters. The molecule has 122 valence electrons. The van der Waals surface area contributed by atoms with E-state index in [2.05, 4.69) is 42.9 Å². The van der Waals surface area contributed by atoms with E-state index in [0.717, 1.165) is 51.6 Å². The molecule has 2 saturated heterocycles. The van der Waals surface area contributed by atoms with Gasteiger partial charge in [-0.1, -0.05) is 33.6 Å². The number of piperidine rings is 1. The molecule has 0 bridgehead atoms. The molecule has 1 amide bonds. The average Bonchev–Trinajstić information content (AvgIpc) is 2.73. The highest BCUT2D eigenvalue weighted by Gasteiger charge is 2.42. The van der Waals surface area contributed by atoms with Crippen LogP contribution < -0.4 is 5.32 Å². The van der Waals surface area contributed by atoms with Crippen molar-refractivity contribution in [2.45, 2.75) is 77.5 Å². The maximum atomic E-state index is 12.8. The van der Waals surface area contributed by atoms with Crippen LogP contribution in [-0.2, 0) is 4.79 Å². The van der Waals surface area contributed by atoms with Crippen LogP contribution >= 0.6 is 0 Å². The number of hydrogen-bond acceptors (Lipinski definition) is 3.